The molecular formula is C15H22N4O. The Labute approximate surface area is 118 Å². The summed E-state index contributed by atoms with van der Waals surface area (Å²) >= 11 is 0. The lowest BCUT2D eigenvalue weighted by Crippen LogP contribution is -2.52. The van der Waals surface area contributed by atoms with E-state index in [-0.39, 0.29) is 11.4 Å². The molecule has 0 aliphatic rings. The van der Waals surface area contributed by atoms with Crippen molar-refractivity contribution in [2.75, 3.05) is 6.54 Å². The number of rotatable bonds is 5. The molecule has 108 valence electrons. The van der Waals surface area contributed by atoms with Crippen LogP contribution in [0.4, 0.5) is 0 Å². The number of aromatic nitrogens is 2. The number of aromatic amines is 1. The molecule has 0 saturated carbocycles. The first-order valence-corrected chi connectivity index (χ1v) is 6.89. The lowest BCUT2D eigenvalue weighted by Gasteiger charge is -2.31. The Balaban J connectivity index is 2.17. The molecule has 0 bridgehead atoms. The molecule has 0 aliphatic heterocycles. The van der Waals surface area contributed by atoms with Gasteiger partial charge >= 0.3 is 0 Å². The van der Waals surface area contributed by atoms with Crippen molar-refractivity contribution in [1.82, 2.24) is 15.5 Å². The second kappa shape index (κ2) is 5.63. The molecule has 2 aromatic rings. The van der Waals surface area contributed by atoms with Crippen LogP contribution in [0.25, 0.3) is 10.9 Å². The normalized spacial score (nSPS) is 14.4. The number of nitrogens with two attached hydrogens (primary N) is 1. The SMILES string of the molecule is CC(C)CC(C)(CN)NC(=O)c1ccc2cn[nH]c2c1. The minimum Gasteiger partial charge on any atom is -0.346 e. The van der Waals surface area contributed by atoms with Gasteiger partial charge in [-0.1, -0.05) is 19.9 Å². The first-order chi connectivity index (χ1) is 9.43. The smallest absolute Gasteiger partial charge is 0.251 e. The molecule has 5 nitrogen and oxygen atoms in total. The summed E-state index contributed by atoms with van der Waals surface area (Å²) in [5, 5.41) is 10.9. The summed E-state index contributed by atoms with van der Waals surface area (Å²) in [7, 11) is 0. The van der Waals surface area contributed by atoms with Gasteiger partial charge < -0.3 is 11.1 Å². The molecule has 5 heteroatoms. The minimum absolute atomic E-state index is 0.102. The Morgan fingerprint density at radius 2 is 2.25 bits per heavy atom. The van der Waals surface area contributed by atoms with E-state index in [2.05, 4.69) is 29.4 Å². The van der Waals surface area contributed by atoms with Gasteiger partial charge in [-0.05, 0) is 31.4 Å². The average Bonchev–Trinajstić information content (AvgIpc) is 2.84. The van der Waals surface area contributed by atoms with Gasteiger partial charge in [-0.3, -0.25) is 9.89 Å². The first kappa shape index (κ1) is 14.5. The van der Waals surface area contributed by atoms with Gasteiger partial charge in [0.2, 0.25) is 0 Å². The number of amides is 1. The number of nitrogens with zero attached hydrogens (tertiary/aromatic N) is 1. The van der Waals surface area contributed by atoms with Crippen LogP contribution in [-0.4, -0.2) is 28.2 Å². The summed E-state index contributed by atoms with van der Waals surface area (Å²) in [5.74, 6) is 0.369. The Hall–Kier alpha value is -1.88. The van der Waals surface area contributed by atoms with Crippen LogP contribution in [0.5, 0.6) is 0 Å². The summed E-state index contributed by atoms with van der Waals surface area (Å²) in [4.78, 5) is 12.4. The van der Waals surface area contributed by atoms with Crippen LogP contribution in [0.3, 0.4) is 0 Å². The number of carbonyl (C=O) groups is 1. The van der Waals surface area contributed by atoms with Crippen molar-refractivity contribution < 1.29 is 4.79 Å². The van der Waals surface area contributed by atoms with Crippen molar-refractivity contribution in [3.05, 3.63) is 30.0 Å². The van der Waals surface area contributed by atoms with Gasteiger partial charge in [-0.15, -0.1) is 0 Å². The lowest BCUT2D eigenvalue weighted by molar-refractivity contribution is 0.0898. The van der Waals surface area contributed by atoms with E-state index in [9.17, 15) is 4.79 Å². The standard InChI is InChI=1S/C15H22N4O/c1-10(2)7-15(3,9-16)18-14(20)11-4-5-12-8-17-19-13(12)6-11/h4-6,8,10H,7,9,16H2,1-3H3,(H,17,19)(H,18,20). The number of benzene rings is 1. The molecule has 1 heterocycles. The number of nitrogens with one attached hydrogen (secondary N) is 2. The van der Waals surface area contributed by atoms with Crippen LogP contribution in [0.15, 0.2) is 24.4 Å². The van der Waals surface area contributed by atoms with Crippen molar-refractivity contribution in [3.8, 4) is 0 Å². The number of hydrogen-bond acceptors (Lipinski definition) is 3. The first-order valence-electron chi connectivity index (χ1n) is 6.89. The van der Waals surface area contributed by atoms with Gasteiger partial charge in [0, 0.05) is 23.0 Å². The molecule has 1 aromatic heterocycles. The second-order valence-corrected chi connectivity index (χ2v) is 5.99. The van der Waals surface area contributed by atoms with E-state index in [4.69, 9.17) is 5.73 Å². The molecule has 2 rings (SSSR count). The van der Waals surface area contributed by atoms with Crippen molar-refractivity contribution in [2.45, 2.75) is 32.7 Å². The quantitative estimate of drug-likeness (QED) is 0.780. The Kier molecular flexibility index (Phi) is 4.09. The minimum atomic E-state index is -0.381. The van der Waals surface area contributed by atoms with Crippen molar-refractivity contribution in [2.24, 2.45) is 11.7 Å². The number of H-pyrrole nitrogens is 1. The van der Waals surface area contributed by atoms with Crippen molar-refractivity contribution in [1.29, 1.82) is 0 Å². The monoisotopic (exact) mass is 274 g/mol. The van der Waals surface area contributed by atoms with Gasteiger partial charge in [0.15, 0.2) is 0 Å². The number of hydrogen-bond donors (Lipinski definition) is 3. The molecule has 0 fully saturated rings. The molecule has 0 radical (unpaired) electrons. The topological polar surface area (TPSA) is 83.8 Å². The average molecular weight is 274 g/mol. The fourth-order valence-electron chi connectivity index (χ4n) is 2.51. The fraction of sp³-hybridized carbons (Fsp3) is 0.467. The van der Waals surface area contributed by atoms with Crippen molar-refractivity contribution in [3.63, 3.8) is 0 Å². The van der Waals surface area contributed by atoms with E-state index in [1.165, 1.54) is 0 Å². The zero-order chi connectivity index (χ0) is 14.8. The van der Waals surface area contributed by atoms with Gasteiger partial charge in [-0.25, -0.2) is 0 Å². The van der Waals surface area contributed by atoms with E-state index in [1.54, 1.807) is 12.3 Å². The molecule has 1 atom stereocenters. The van der Waals surface area contributed by atoms with Crippen LogP contribution in [0, 0.1) is 5.92 Å². The highest BCUT2D eigenvalue weighted by Gasteiger charge is 2.26. The summed E-state index contributed by atoms with van der Waals surface area (Å²) < 4.78 is 0. The van der Waals surface area contributed by atoms with Crippen LogP contribution >= 0.6 is 0 Å². The highest BCUT2D eigenvalue weighted by atomic mass is 16.1. The summed E-state index contributed by atoms with van der Waals surface area (Å²) in [5.41, 5.74) is 6.92. The van der Waals surface area contributed by atoms with Crippen LogP contribution in [-0.2, 0) is 0 Å². The maximum absolute atomic E-state index is 12.4. The fourth-order valence-corrected chi connectivity index (χ4v) is 2.51. The van der Waals surface area contributed by atoms with E-state index < -0.39 is 0 Å². The predicted octanol–water partition coefficient (Wildman–Crippen LogP) is 2.06. The third-order valence-corrected chi connectivity index (χ3v) is 3.43. The maximum Gasteiger partial charge on any atom is 0.251 e. The Bertz CT molecular complexity index is 605. The van der Waals surface area contributed by atoms with E-state index in [1.807, 2.05) is 19.1 Å². The molecule has 0 aliphatic carbocycles. The van der Waals surface area contributed by atoms with Gasteiger partial charge in [0.25, 0.3) is 5.91 Å². The second-order valence-electron chi connectivity index (χ2n) is 5.99. The highest BCUT2D eigenvalue weighted by Crippen LogP contribution is 2.17. The number of fused-ring (bicyclic) bond motifs is 1. The predicted molar refractivity (Wildman–Crippen MR) is 80.5 cm³/mol. The van der Waals surface area contributed by atoms with Crippen LogP contribution in [0.1, 0.15) is 37.6 Å². The summed E-state index contributed by atoms with van der Waals surface area (Å²) in [6.07, 6.45) is 2.58. The number of carbonyl (C=O) groups excluding carboxylic acids is 1. The van der Waals surface area contributed by atoms with Gasteiger partial charge in [0.1, 0.15) is 0 Å². The molecule has 1 amide bonds. The Morgan fingerprint density at radius 3 is 2.90 bits per heavy atom. The molecular weight excluding hydrogens is 252 g/mol. The van der Waals surface area contributed by atoms with E-state index in [0.29, 0.717) is 18.0 Å². The van der Waals surface area contributed by atoms with Crippen LogP contribution in [0.2, 0.25) is 0 Å². The summed E-state index contributed by atoms with van der Waals surface area (Å²) in [6.45, 7) is 6.65. The summed E-state index contributed by atoms with van der Waals surface area (Å²) in [6, 6.07) is 5.50. The van der Waals surface area contributed by atoms with E-state index in [0.717, 1.165) is 17.3 Å². The maximum atomic E-state index is 12.4. The molecule has 1 unspecified atom stereocenters. The van der Waals surface area contributed by atoms with Gasteiger partial charge in [0.05, 0.1) is 11.7 Å². The van der Waals surface area contributed by atoms with Crippen LogP contribution < -0.4 is 11.1 Å². The Morgan fingerprint density at radius 1 is 1.50 bits per heavy atom. The largest absolute Gasteiger partial charge is 0.346 e. The molecule has 0 saturated heterocycles. The zero-order valence-corrected chi connectivity index (χ0v) is 12.2. The highest BCUT2D eigenvalue weighted by molar-refractivity contribution is 5.98. The molecule has 4 N–H and O–H groups in total. The molecule has 20 heavy (non-hydrogen) atoms. The lowest BCUT2D eigenvalue weighted by atomic mass is 9.90. The molecule has 1 aromatic carbocycles. The van der Waals surface area contributed by atoms with E-state index >= 15 is 0 Å². The van der Waals surface area contributed by atoms with Gasteiger partial charge in [-0.2, -0.15) is 5.10 Å². The van der Waals surface area contributed by atoms with Crippen molar-refractivity contribution >= 4 is 16.8 Å². The third-order valence-electron chi connectivity index (χ3n) is 3.43. The third kappa shape index (κ3) is 3.17. The molecule has 0 spiro atoms. The zero-order valence-electron chi connectivity index (χ0n) is 12.2.